The van der Waals surface area contributed by atoms with Crippen molar-refractivity contribution in [2.45, 2.75) is 0 Å². The normalized spacial score (nSPS) is 10.9. The van der Waals surface area contributed by atoms with Crippen molar-refractivity contribution in [1.29, 1.82) is 0 Å². The van der Waals surface area contributed by atoms with Gasteiger partial charge >= 0.3 is 5.69 Å². The molecule has 5 aromatic rings. The fourth-order valence-corrected chi connectivity index (χ4v) is 3.27. The third-order valence-corrected chi connectivity index (χ3v) is 4.72. The lowest BCUT2D eigenvalue weighted by Crippen LogP contribution is -2.23. The summed E-state index contributed by atoms with van der Waals surface area (Å²) in [5, 5.41) is 3.06. The second-order valence-electron chi connectivity index (χ2n) is 6.67. The molecule has 3 N–H and O–H groups in total. The molecule has 0 aliphatic rings. The Morgan fingerprint density at radius 2 is 1.81 bits per heavy atom. The quantitative estimate of drug-likeness (QED) is 0.432. The van der Waals surface area contributed by atoms with Gasteiger partial charge in [-0.25, -0.2) is 38.8 Å². The highest BCUT2D eigenvalue weighted by atomic mass is 16.5. The van der Waals surface area contributed by atoms with Crippen LogP contribution in [0.25, 0.3) is 22.8 Å². The van der Waals surface area contributed by atoms with Gasteiger partial charge in [-0.2, -0.15) is 0 Å². The highest BCUT2D eigenvalue weighted by molar-refractivity contribution is 5.84. The van der Waals surface area contributed by atoms with Crippen LogP contribution in [0.2, 0.25) is 0 Å². The number of nitrogens with two attached hydrogens (primary N) is 1. The smallest absolute Gasteiger partial charge is 0.342 e. The highest BCUT2D eigenvalue weighted by Gasteiger charge is 2.21. The SMILES string of the molecule is CNc1cccc(-n2c(=O)n(-c3ncc(Oc4ccccn4)cn3)c3c(N)ncnc32)c1. The van der Waals surface area contributed by atoms with Gasteiger partial charge in [-0.15, -0.1) is 0 Å². The molecule has 4 heterocycles. The molecule has 32 heavy (non-hydrogen) atoms. The lowest BCUT2D eigenvalue weighted by molar-refractivity contribution is 0.458. The Labute approximate surface area is 181 Å². The van der Waals surface area contributed by atoms with Gasteiger partial charge in [-0.3, -0.25) is 0 Å². The summed E-state index contributed by atoms with van der Waals surface area (Å²) in [5.74, 6) is 1.02. The van der Waals surface area contributed by atoms with Gasteiger partial charge in [0.05, 0.1) is 18.1 Å². The Morgan fingerprint density at radius 3 is 2.56 bits per heavy atom. The van der Waals surface area contributed by atoms with E-state index in [2.05, 4.69) is 30.2 Å². The van der Waals surface area contributed by atoms with Crippen LogP contribution in [0.1, 0.15) is 0 Å². The zero-order valence-electron chi connectivity index (χ0n) is 16.9. The summed E-state index contributed by atoms with van der Waals surface area (Å²) in [6.45, 7) is 0. The van der Waals surface area contributed by atoms with Crippen LogP contribution >= 0.6 is 0 Å². The summed E-state index contributed by atoms with van der Waals surface area (Å²) in [5.41, 5.74) is 7.79. The Hall–Kier alpha value is -4.80. The molecule has 0 spiro atoms. The molecule has 0 saturated carbocycles. The van der Waals surface area contributed by atoms with Crippen molar-refractivity contribution in [3.05, 3.63) is 77.9 Å². The van der Waals surface area contributed by atoms with E-state index in [0.29, 0.717) is 28.5 Å². The molecular formula is C21H17N9O2. The summed E-state index contributed by atoms with van der Waals surface area (Å²) in [4.78, 5) is 34.5. The predicted molar refractivity (Wildman–Crippen MR) is 118 cm³/mol. The minimum Gasteiger partial charge on any atom is -0.436 e. The molecule has 4 aromatic heterocycles. The van der Waals surface area contributed by atoms with Gasteiger partial charge in [0.25, 0.3) is 0 Å². The van der Waals surface area contributed by atoms with E-state index < -0.39 is 5.69 Å². The van der Waals surface area contributed by atoms with Crippen molar-refractivity contribution in [3.8, 4) is 23.3 Å². The largest absolute Gasteiger partial charge is 0.436 e. The van der Waals surface area contributed by atoms with Crippen molar-refractivity contribution < 1.29 is 4.74 Å². The van der Waals surface area contributed by atoms with Crippen molar-refractivity contribution in [3.63, 3.8) is 0 Å². The minimum atomic E-state index is -0.432. The van der Waals surface area contributed by atoms with Crippen molar-refractivity contribution in [1.82, 2.24) is 34.1 Å². The summed E-state index contributed by atoms with van der Waals surface area (Å²) in [6, 6.07) is 12.7. The molecule has 0 aliphatic heterocycles. The van der Waals surface area contributed by atoms with E-state index in [1.807, 2.05) is 18.2 Å². The van der Waals surface area contributed by atoms with Crippen LogP contribution in [0.4, 0.5) is 11.5 Å². The maximum absolute atomic E-state index is 13.5. The molecule has 0 radical (unpaired) electrons. The van der Waals surface area contributed by atoms with Crippen molar-refractivity contribution >= 4 is 22.7 Å². The summed E-state index contributed by atoms with van der Waals surface area (Å²) in [7, 11) is 1.80. The molecule has 0 amide bonds. The first-order chi connectivity index (χ1) is 15.7. The molecule has 0 bridgehead atoms. The first-order valence-corrected chi connectivity index (χ1v) is 9.59. The average molecular weight is 427 g/mol. The molecule has 0 saturated heterocycles. The van der Waals surface area contributed by atoms with Crippen LogP contribution in [0.15, 0.2) is 72.2 Å². The van der Waals surface area contributed by atoms with E-state index in [1.165, 1.54) is 27.9 Å². The van der Waals surface area contributed by atoms with Gasteiger partial charge < -0.3 is 15.8 Å². The lowest BCUT2D eigenvalue weighted by Gasteiger charge is -2.06. The van der Waals surface area contributed by atoms with E-state index in [1.54, 1.807) is 37.5 Å². The van der Waals surface area contributed by atoms with Gasteiger partial charge in [-0.1, -0.05) is 12.1 Å². The minimum absolute atomic E-state index is 0.110. The van der Waals surface area contributed by atoms with Gasteiger partial charge in [-0.05, 0) is 24.3 Å². The number of pyridine rings is 1. The topological polar surface area (TPSA) is 139 Å². The number of rotatable bonds is 5. The van der Waals surface area contributed by atoms with Crippen LogP contribution < -0.4 is 21.5 Å². The maximum Gasteiger partial charge on any atom is 0.342 e. The monoisotopic (exact) mass is 427 g/mol. The number of nitrogen functional groups attached to an aromatic ring is 1. The maximum atomic E-state index is 13.5. The Morgan fingerprint density at radius 1 is 0.969 bits per heavy atom. The first kappa shape index (κ1) is 19.2. The summed E-state index contributed by atoms with van der Waals surface area (Å²) >= 11 is 0. The lowest BCUT2D eigenvalue weighted by atomic mass is 10.2. The Balaban J connectivity index is 1.65. The molecule has 1 aromatic carbocycles. The van der Waals surface area contributed by atoms with Gasteiger partial charge in [0, 0.05) is 25.0 Å². The Bertz CT molecular complexity index is 1460. The number of hydrogen-bond acceptors (Lipinski definition) is 9. The molecular weight excluding hydrogens is 410 g/mol. The van der Waals surface area contributed by atoms with Crippen LogP contribution in [0, 0.1) is 0 Å². The molecule has 0 fully saturated rings. The zero-order valence-corrected chi connectivity index (χ0v) is 16.9. The van der Waals surface area contributed by atoms with E-state index in [0.717, 1.165) is 5.69 Å². The second kappa shape index (κ2) is 7.80. The van der Waals surface area contributed by atoms with Gasteiger partial charge in [0.1, 0.15) is 11.8 Å². The molecule has 11 heteroatoms. The number of nitrogens with zero attached hydrogens (tertiary/aromatic N) is 7. The number of fused-ring (bicyclic) bond motifs is 1. The number of imidazole rings is 1. The summed E-state index contributed by atoms with van der Waals surface area (Å²) in [6.07, 6.45) is 5.83. The number of aromatic nitrogens is 7. The summed E-state index contributed by atoms with van der Waals surface area (Å²) < 4.78 is 8.35. The number of ether oxygens (including phenoxy) is 1. The van der Waals surface area contributed by atoms with E-state index in [9.17, 15) is 4.79 Å². The number of hydrogen-bond donors (Lipinski definition) is 2. The van der Waals surface area contributed by atoms with Crippen LogP contribution in [0.3, 0.4) is 0 Å². The standard InChI is InChI=1S/C21H17N9O2/c1-23-13-5-4-6-14(9-13)29-19-17(18(22)27-12-28-19)30(21(29)31)20-25-10-15(11-26-20)32-16-7-2-3-8-24-16/h2-12,23H,1H3,(H2,22,27,28). The number of anilines is 2. The highest BCUT2D eigenvalue weighted by Crippen LogP contribution is 2.23. The molecule has 11 nitrogen and oxygen atoms in total. The fraction of sp³-hybridized carbons (Fsp3) is 0.0476. The average Bonchev–Trinajstić information content (AvgIpc) is 3.13. The van der Waals surface area contributed by atoms with Crippen LogP contribution in [-0.4, -0.2) is 41.1 Å². The van der Waals surface area contributed by atoms with Gasteiger partial charge in [0.15, 0.2) is 17.2 Å². The first-order valence-electron chi connectivity index (χ1n) is 9.59. The van der Waals surface area contributed by atoms with Crippen LogP contribution in [-0.2, 0) is 0 Å². The fourth-order valence-electron chi connectivity index (χ4n) is 3.27. The third kappa shape index (κ3) is 3.27. The van der Waals surface area contributed by atoms with Crippen molar-refractivity contribution in [2.75, 3.05) is 18.1 Å². The van der Waals surface area contributed by atoms with Crippen molar-refractivity contribution in [2.24, 2.45) is 0 Å². The predicted octanol–water partition coefficient (Wildman–Crippen LogP) is 2.17. The van der Waals surface area contributed by atoms with E-state index >= 15 is 0 Å². The van der Waals surface area contributed by atoms with E-state index in [-0.39, 0.29) is 11.8 Å². The second-order valence-corrected chi connectivity index (χ2v) is 6.67. The van der Waals surface area contributed by atoms with Gasteiger partial charge in [0.2, 0.25) is 11.8 Å². The number of benzene rings is 1. The molecule has 0 unspecified atom stereocenters. The molecule has 0 aliphatic carbocycles. The molecule has 0 atom stereocenters. The zero-order chi connectivity index (χ0) is 22.1. The molecule has 5 rings (SSSR count). The molecule has 158 valence electrons. The number of nitrogens with one attached hydrogen (secondary N) is 1. The van der Waals surface area contributed by atoms with E-state index in [4.69, 9.17) is 10.5 Å². The Kier molecular flexibility index (Phi) is 4.67. The third-order valence-electron chi connectivity index (χ3n) is 4.72. The van der Waals surface area contributed by atoms with Crippen LogP contribution in [0.5, 0.6) is 11.6 Å².